The molecule has 0 aromatic carbocycles. The minimum atomic E-state index is 0.185. The van der Waals surface area contributed by atoms with Gasteiger partial charge in [-0.2, -0.15) is 0 Å². The van der Waals surface area contributed by atoms with Crippen LogP contribution in [0.3, 0.4) is 0 Å². The van der Waals surface area contributed by atoms with Crippen LogP contribution in [0.5, 0.6) is 0 Å². The number of Topliss-reactive ketones (excluding diaryl/α,β-unsaturated/α-hetero) is 1. The van der Waals surface area contributed by atoms with Crippen molar-refractivity contribution in [1.82, 2.24) is 0 Å². The first-order valence-electron chi connectivity index (χ1n) is 7.77. The molecule has 0 radical (unpaired) electrons. The van der Waals surface area contributed by atoms with Crippen LogP contribution in [0.2, 0.25) is 0 Å². The van der Waals surface area contributed by atoms with Gasteiger partial charge < -0.3 is 0 Å². The Morgan fingerprint density at radius 2 is 2.00 bits per heavy atom. The molecule has 0 amide bonds. The Hall–Kier alpha value is -0.850. The van der Waals surface area contributed by atoms with Crippen molar-refractivity contribution in [2.75, 3.05) is 0 Å². The molecule has 4 atom stereocenters. The third-order valence-corrected chi connectivity index (χ3v) is 4.77. The van der Waals surface area contributed by atoms with Gasteiger partial charge in [0.2, 0.25) is 0 Å². The molecule has 0 fully saturated rings. The van der Waals surface area contributed by atoms with E-state index >= 15 is 0 Å². The maximum absolute atomic E-state index is 11.5. The molecule has 0 aliphatic heterocycles. The number of ketones is 1. The SMILES string of the molecule is CCCCC1(C)C=CC=C[C@H]1C(C)CC(C)C(C)=O. The summed E-state index contributed by atoms with van der Waals surface area (Å²) in [6.07, 6.45) is 13.9. The lowest BCUT2D eigenvalue weighted by atomic mass is 9.65. The van der Waals surface area contributed by atoms with Crippen molar-refractivity contribution >= 4 is 5.78 Å². The van der Waals surface area contributed by atoms with Crippen LogP contribution in [-0.4, -0.2) is 5.78 Å². The monoisotopic (exact) mass is 262 g/mol. The van der Waals surface area contributed by atoms with Gasteiger partial charge in [0.25, 0.3) is 0 Å². The number of allylic oxidation sites excluding steroid dienone is 4. The Morgan fingerprint density at radius 3 is 2.58 bits per heavy atom. The number of hydrogen-bond acceptors (Lipinski definition) is 1. The summed E-state index contributed by atoms with van der Waals surface area (Å²) >= 11 is 0. The summed E-state index contributed by atoms with van der Waals surface area (Å²) in [6.45, 7) is 10.7. The molecule has 19 heavy (non-hydrogen) atoms. The summed E-state index contributed by atoms with van der Waals surface area (Å²) in [4.78, 5) is 11.5. The van der Waals surface area contributed by atoms with Gasteiger partial charge in [-0.25, -0.2) is 0 Å². The van der Waals surface area contributed by atoms with E-state index in [1.165, 1.54) is 19.3 Å². The zero-order valence-electron chi connectivity index (χ0n) is 13.3. The lowest BCUT2D eigenvalue weighted by Gasteiger charge is -2.40. The van der Waals surface area contributed by atoms with Gasteiger partial charge in [-0.1, -0.05) is 64.8 Å². The van der Waals surface area contributed by atoms with E-state index in [0.29, 0.717) is 17.6 Å². The Bertz CT molecular complexity index is 353. The second-order valence-electron chi connectivity index (χ2n) is 6.60. The Balaban J connectivity index is 2.74. The zero-order chi connectivity index (χ0) is 14.5. The summed E-state index contributed by atoms with van der Waals surface area (Å²) in [5.41, 5.74) is 0.265. The van der Waals surface area contributed by atoms with E-state index in [0.717, 1.165) is 6.42 Å². The van der Waals surface area contributed by atoms with E-state index in [1.54, 1.807) is 6.92 Å². The molecule has 3 unspecified atom stereocenters. The fourth-order valence-electron chi connectivity index (χ4n) is 3.31. The molecule has 0 aromatic rings. The summed E-state index contributed by atoms with van der Waals surface area (Å²) in [5, 5.41) is 0. The topological polar surface area (TPSA) is 17.1 Å². The Morgan fingerprint density at radius 1 is 1.32 bits per heavy atom. The molecule has 0 spiro atoms. The molecule has 1 nitrogen and oxygen atoms in total. The third kappa shape index (κ3) is 4.33. The number of rotatable bonds is 7. The van der Waals surface area contributed by atoms with Gasteiger partial charge in [-0.05, 0) is 37.0 Å². The van der Waals surface area contributed by atoms with Crippen LogP contribution < -0.4 is 0 Å². The fraction of sp³-hybridized carbons (Fsp3) is 0.722. The van der Waals surface area contributed by atoms with Crippen LogP contribution in [0.25, 0.3) is 0 Å². The van der Waals surface area contributed by atoms with Gasteiger partial charge in [0.05, 0.1) is 0 Å². The van der Waals surface area contributed by atoms with Crippen LogP contribution in [0, 0.1) is 23.2 Å². The lowest BCUT2D eigenvalue weighted by molar-refractivity contribution is -0.120. The fourth-order valence-corrected chi connectivity index (χ4v) is 3.31. The molecule has 0 heterocycles. The van der Waals surface area contributed by atoms with Gasteiger partial charge >= 0.3 is 0 Å². The van der Waals surface area contributed by atoms with E-state index < -0.39 is 0 Å². The van der Waals surface area contributed by atoms with Crippen LogP contribution in [0.15, 0.2) is 24.3 Å². The molecule has 0 bridgehead atoms. The summed E-state index contributed by atoms with van der Waals surface area (Å²) in [6, 6.07) is 0. The van der Waals surface area contributed by atoms with E-state index in [2.05, 4.69) is 52.0 Å². The second kappa shape index (κ2) is 7.07. The average Bonchev–Trinajstić information content (AvgIpc) is 2.36. The highest BCUT2D eigenvalue weighted by Gasteiger charge is 2.35. The van der Waals surface area contributed by atoms with E-state index in [4.69, 9.17) is 0 Å². The van der Waals surface area contributed by atoms with Gasteiger partial charge in [-0.15, -0.1) is 0 Å². The summed E-state index contributed by atoms with van der Waals surface area (Å²) in [5.74, 6) is 1.62. The minimum absolute atomic E-state index is 0.185. The maximum Gasteiger partial charge on any atom is 0.132 e. The van der Waals surface area contributed by atoms with Gasteiger partial charge in [0, 0.05) is 5.92 Å². The number of carbonyl (C=O) groups is 1. The summed E-state index contributed by atoms with van der Waals surface area (Å²) < 4.78 is 0. The molecule has 108 valence electrons. The van der Waals surface area contributed by atoms with Gasteiger partial charge in [-0.3, -0.25) is 4.79 Å². The van der Waals surface area contributed by atoms with Crippen molar-refractivity contribution in [2.24, 2.45) is 23.2 Å². The standard InChI is InChI=1S/C18H30O/c1-6-7-11-18(5)12-9-8-10-17(18)15(3)13-14(2)16(4)19/h8-10,12,14-15,17H,6-7,11,13H2,1-5H3/t14?,15?,17-,18?/m0/s1. The van der Waals surface area contributed by atoms with Crippen molar-refractivity contribution in [3.8, 4) is 0 Å². The predicted octanol–water partition coefficient (Wildman–Crippen LogP) is 5.18. The van der Waals surface area contributed by atoms with Gasteiger partial charge in [0.1, 0.15) is 5.78 Å². The molecular weight excluding hydrogens is 232 g/mol. The van der Waals surface area contributed by atoms with Crippen molar-refractivity contribution in [2.45, 2.75) is 60.3 Å². The highest BCUT2D eigenvalue weighted by atomic mass is 16.1. The number of carbonyl (C=O) groups excluding carboxylic acids is 1. The smallest absolute Gasteiger partial charge is 0.132 e. The van der Waals surface area contributed by atoms with Crippen molar-refractivity contribution in [3.05, 3.63) is 24.3 Å². The van der Waals surface area contributed by atoms with Crippen molar-refractivity contribution < 1.29 is 4.79 Å². The molecule has 0 N–H and O–H groups in total. The second-order valence-corrected chi connectivity index (χ2v) is 6.60. The molecule has 1 rings (SSSR count). The molecule has 1 aliphatic carbocycles. The first kappa shape index (κ1) is 16.2. The number of hydrogen-bond donors (Lipinski definition) is 0. The highest BCUT2D eigenvalue weighted by molar-refractivity contribution is 5.77. The van der Waals surface area contributed by atoms with Crippen LogP contribution in [-0.2, 0) is 4.79 Å². The first-order chi connectivity index (χ1) is 8.90. The van der Waals surface area contributed by atoms with E-state index in [-0.39, 0.29) is 11.3 Å². The molecule has 0 saturated heterocycles. The van der Waals surface area contributed by atoms with E-state index in [1.807, 2.05) is 0 Å². The molecule has 0 aromatic heterocycles. The molecule has 1 aliphatic rings. The van der Waals surface area contributed by atoms with E-state index in [9.17, 15) is 4.79 Å². The maximum atomic E-state index is 11.5. The highest BCUT2D eigenvalue weighted by Crippen LogP contribution is 2.43. The van der Waals surface area contributed by atoms with Crippen LogP contribution >= 0.6 is 0 Å². The largest absolute Gasteiger partial charge is 0.300 e. The van der Waals surface area contributed by atoms with Crippen LogP contribution in [0.1, 0.15) is 60.3 Å². The zero-order valence-corrected chi connectivity index (χ0v) is 13.3. The van der Waals surface area contributed by atoms with Crippen molar-refractivity contribution in [1.29, 1.82) is 0 Å². The predicted molar refractivity (Wildman–Crippen MR) is 83.0 cm³/mol. The van der Waals surface area contributed by atoms with Crippen LogP contribution in [0.4, 0.5) is 0 Å². The quantitative estimate of drug-likeness (QED) is 0.618. The first-order valence-corrected chi connectivity index (χ1v) is 7.77. The minimum Gasteiger partial charge on any atom is -0.300 e. The Kier molecular flexibility index (Phi) is 6.03. The molecule has 0 saturated carbocycles. The van der Waals surface area contributed by atoms with Crippen molar-refractivity contribution in [3.63, 3.8) is 0 Å². The lowest BCUT2D eigenvalue weighted by Crippen LogP contribution is -2.32. The Labute approximate surface area is 119 Å². The molecule has 1 heteroatoms. The average molecular weight is 262 g/mol. The normalized spacial score (nSPS) is 29.2. The summed E-state index contributed by atoms with van der Waals surface area (Å²) in [7, 11) is 0. The van der Waals surface area contributed by atoms with Gasteiger partial charge in [0.15, 0.2) is 0 Å². The molecular formula is C18H30O. The number of unbranched alkanes of at least 4 members (excludes halogenated alkanes) is 1. The third-order valence-electron chi connectivity index (χ3n) is 4.77.